The average Bonchev–Trinajstić information content (AvgIpc) is 2.36. The standard InChI is InChI=1S/C13H17N3O4S/c1-8(7-21(2)20)14-11-6-10-9(3-4-13(17)15-10)5-12(11)16(18)19/h5-6,8,14H,3-4,7H2,1-2H3,(H,15,17). The molecule has 8 heteroatoms. The number of benzene rings is 1. The summed E-state index contributed by atoms with van der Waals surface area (Å²) in [5, 5.41) is 16.9. The Morgan fingerprint density at radius 2 is 2.19 bits per heavy atom. The van der Waals surface area contributed by atoms with Gasteiger partial charge < -0.3 is 10.6 Å². The molecule has 1 aliphatic heterocycles. The fourth-order valence-corrected chi connectivity index (χ4v) is 3.13. The van der Waals surface area contributed by atoms with Gasteiger partial charge in [-0.2, -0.15) is 0 Å². The molecule has 0 aliphatic carbocycles. The maximum atomic E-state index is 11.4. The summed E-state index contributed by atoms with van der Waals surface area (Å²) < 4.78 is 11.2. The molecule has 2 rings (SSSR count). The first-order valence-corrected chi connectivity index (χ1v) is 8.27. The normalized spacial score (nSPS) is 16.6. The molecule has 1 aliphatic rings. The van der Waals surface area contributed by atoms with Gasteiger partial charge in [-0.15, -0.1) is 0 Å². The van der Waals surface area contributed by atoms with Crippen molar-refractivity contribution in [2.75, 3.05) is 22.6 Å². The first kappa shape index (κ1) is 15.4. The van der Waals surface area contributed by atoms with Gasteiger partial charge in [0.25, 0.3) is 5.69 Å². The van der Waals surface area contributed by atoms with Crippen LogP contribution < -0.4 is 10.6 Å². The molecule has 7 nitrogen and oxygen atoms in total. The number of hydrogen-bond donors (Lipinski definition) is 2. The van der Waals surface area contributed by atoms with Crippen LogP contribution >= 0.6 is 0 Å². The Morgan fingerprint density at radius 1 is 1.48 bits per heavy atom. The van der Waals surface area contributed by atoms with E-state index in [0.29, 0.717) is 30.0 Å². The Labute approximate surface area is 124 Å². The largest absolute Gasteiger partial charge is 0.376 e. The first-order chi connectivity index (χ1) is 9.86. The van der Waals surface area contributed by atoms with Gasteiger partial charge in [0, 0.05) is 47.0 Å². The van der Waals surface area contributed by atoms with E-state index in [1.54, 1.807) is 12.3 Å². The number of nitro benzene ring substituents is 1. The number of rotatable bonds is 5. The van der Waals surface area contributed by atoms with Crippen molar-refractivity contribution < 1.29 is 13.9 Å². The molecule has 0 bridgehead atoms. The van der Waals surface area contributed by atoms with E-state index in [1.807, 2.05) is 6.92 Å². The summed E-state index contributed by atoms with van der Waals surface area (Å²) in [5.41, 5.74) is 1.67. The summed E-state index contributed by atoms with van der Waals surface area (Å²) in [6, 6.07) is 2.90. The number of carbonyl (C=O) groups excluding carboxylic acids is 1. The van der Waals surface area contributed by atoms with E-state index in [0.717, 1.165) is 5.56 Å². The zero-order valence-corrected chi connectivity index (χ0v) is 12.7. The number of nitro groups is 1. The third-order valence-corrected chi connectivity index (χ3v) is 4.17. The van der Waals surface area contributed by atoms with Gasteiger partial charge in [-0.25, -0.2) is 0 Å². The lowest BCUT2D eigenvalue weighted by Crippen LogP contribution is -2.24. The van der Waals surface area contributed by atoms with Gasteiger partial charge in [0.05, 0.1) is 4.92 Å². The molecule has 0 fully saturated rings. The molecule has 2 atom stereocenters. The second kappa shape index (κ2) is 6.21. The van der Waals surface area contributed by atoms with Crippen molar-refractivity contribution in [2.24, 2.45) is 0 Å². The van der Waals surface area contributed by atoms with E-state index in [2.05, 4.69) is 10.6 Å². The molecule has 1 aromatic rings. The summed E-state index contributed by atoms with van der Waals surface area (Å²) in [6.07, 6.45) is 2.42. The fourth-order valence-electron chi connectivity index (χ4n) is 2.34. The van der Waals surface area contributed by atoms with Gasteiger partial charge in [0.1, 0.15) is 5.69 Å². The van der Waals surface area contributed by atoms with Crippen molar-refractivity contribution in [1.82, 2.24) is 0 Å². The molecular weight excluding hydrogens is 294 g/mol. The smallest absolute Gasteiger partial charge is 0.292 e. The average molecular weight is 311 g/mol. The number of aryl methyl sites for hydroxylation is 1. The molecule has 0 radical (unpaired) electrons. The fraction of sp³-hybridized carbons (Fsp3) is 0.462. The Hall–Kier alpha value is -1.96. The van der Waals surface area contributed by atoms with Gasteiger partial charge in [-0.3, -0.25) is 19.1 Å². The van der Waals surface area contributed by atoms with Crippen molar-refractivity contribution in [3.8, 4) is 0 Å². The minimum Gasteiger partial charge on any atom is -0.376 e. The van der Waals surface area contributed by atoms with Crippen LogP contribution in [0.25, 0.3) is 0 Å². The first-order valence-electron chi connectivity index (χ1n) is 6.54. The number of fused-ring (bicyclic) bond motifs is 1. The SMILES string of the molecule is CC(CS(C)=O)Nc1cc2c(cc1[N+](=O)[O-])CCC(=O)N2. The van der Waals surface area contributed by atoms with Gasteiger partial charge >= 0.3 is 0 Å². The third-order valence-electron chi connectivity index (χ3n) is 3.20. The second-order valence-corrected chi connectivity index (χ2v) is 6.60. The maximum absolute atomic E-state index is 11.4. The van der Waals surface area contributed by atoms with Gasteiger partial charge in [0.2, 0.25) is 5.91 Å². The van der Waals surface area contributed by atoms with Crippen LogP contribution in [0.4, 0.5) is 17.1 Å². The lowest BCUT2D eigenvalue weighted by Gasteiger charge is -2.20. The van der Waals surface area contributed by atoms with Crippen LogP contribution in [-0.2, 0) is 22.0 Å². The molecule has 0 saturated heterocycles. The predicted molar refractivity (Wildman–Crippen MR) is 82.1 cm³/mol. The molecule has 1 aromatic carbocycles. The summed E-state index contributed by atoms with van der Waals surface area (Å²) in [6.45, 7) is 1.81. The highest BCUT2D eigenvalue weighted by atomic mass is 32.2. The third kappa shape index (κ3) is 3.78. The van der Waals surface area contributed by atoms with E-state index in [4.69, 9.17) is 0 Å². The van der Waals surface area contributed by atoms with Crippen LogP contribution in [-0.4, -0.2) is 33.1 Å². The monoisotopic (exact) mass is 311 g/mol. The van der Waals surface area contributed by atoms with Crippen molar-refractivity contribution in [3.05, 3.63) is 27.8 Å². The van der Waals surface area contributed by atoms with Crippen molar-refractivity contribution in [1.29, 1.82) is 0 Å². The highest BCUT2D eigenvalue weighted by Crippen LogP contribution is 2.34. The maximum Gasteiger partial charge on any atom is 0.292 e. The Balaban J connectivity index is 2.34. The summed E-state index contributed by atoms with van der Waals surface area (Å²) in [5.74, 6) is 0.297. The van der Waals surface area contributed by atoms with Crippen LogP contribution in [0.3, 0.4) is 0 Å². The van der Waals surface area contributed by atoms with Crippen LogP contribution in [0.1, 0.15) is 18.9 Å². The van der Waals surface area contributed by atoms with Gasteiger partial charge in [0.15, 0.2) is 0 Å². The molecule has 0 saturated carbocycles. The zero-order chi connectivity index (χ0) is 15.6. The van der Waals surface area contributed by atoms with Crippen molar-refractivity contribution in [2.45, 2.75) is 25.8 Å². The van der Waals surface area contributed by atoms with Gasteiger partial charge in [-0.1, -0.05) is 0 Å². The lowest BCUT2D eigenvalue weighted by atomic mass is 10.0. The van der Waals surface area contributed by atoms with Crippen LogP contribution in [0.15, 0.2) is 12.1 Å². The Bertz CT molecular complexity index is 618. The quantitative estimate of drug-likeness (QED) is 0.636. The molecule has 1 amide bonds. The number of carbonyl (C=O) groups is 1. The minimum absolute atomic E-state index is 0.0290. The summed E-state index contributed by atoms with van der Waals surface area (Å²) in [4.78, 5) is 22.2. The molecule has 2 unspecified atom stereocenters. The predicted octanol–water partition coefficient (Wildman–Crippen LogP) is 1.66. The molecule has 1 heterocycles. The number of nitrogens with one attached hydrogen (secondary N) is 2. The summed E-state index contributed by atoms with van der Waals surface area (Å²) in [7, 11) is -0.996. The van der Waals surface area contributed by atoms with Crippen molar-refractivity contribution in [3.63, 3.8) is 0 Å². The molecule has 0 spiro atoms. The van der Waals surface area contributed by atoms with Crippen LogP contribution in [0.2, 0.25) is 0 Å². The zero-order valence-electron chi connectivity index (χ0n) is 11.8. The number of anilines is 2. The topological polar surface area (TPSA) is 101 Å². The second-order valence-electron chi connectivity index (χ2n) is 5.12. The van der Waals surface area contributed by atoms with E-state index in [9.17, 15) is 19.1 Å². The van der Waals surface area contributed by atoms with Crippen LogP contribution in [0, 0.1) is 10.1 Å². The highest BCUT2D eigenvalue weighted by Gasteiger charge is 2.23. The van der Waals surface area contributed by atoms with E-state index in [-0.39, 0.29) is 17.6 Å². The van der Waals surface area contributed by atoms with E-state index >= 15 is 0 Å². The van der Waals surface area contributed by atoms with Gasteiger partial charge in [-0.05, 0) is 25.0 Å². The number of amides is 1. The molecule has 2 N–H and O–H groups in total. The molecular formula is C13H17N3O4S. The molecule has 114 valence electrons. The summed E-state index contributed by atoms with van der Waals surface area (Å²) >= 11 is 0. The number of nitrogens with zero attached hydrogens (tertiary/aromatic N) is 1. The Morgan fingerprint density at radius 3 is 2.81 bits per heavy atom. The molecule has 21 heavy (non-hydrogen) atoms. The van der Waals surface area contributed by atoms with Crippen LogP contribution in [0.5, 0.6) is 0 Å². The van der Waals surface area contributed by atoms with Crippen molar-refractivity contribution >= 4 is 33.8 Å². The minimum atomic E-state index is -0.996. The highest BCUT2D eigenvalue weighted by molar-refractivity contribution is 7.84. The van der Waals surface area contributed by atoms with E-state index in [1.165, 1.54) is 6.07 Å². The lowest BCUT2D eigenvalue weighted by molar-refractivity contribution is -0.384. The Kier molecular flexibility index (Phi) is 4.56. The number of hydrogen-bond acceptors (Lipinski definition) is 5. The van der Waals surface area contributed by atoms with E-state index < -0.39 is 15.7 Å². The molecule has 0 aromatic heterocycles.